The summed E-state index contributed by atoms with van der Waals surface area (Å²) in [6.07, 6.45) is 6.76. The summed E-state index contributed by atoms with van der Waals surface area (Å²) in [7, 11) is 0. The molecule has 0 spiro atoms. The van der Waals surface area contributed by atoms with Crippen molar-refractivity contribution < 1.29 is 4.39 Å². The highest BCUT2D eigenvalue weighted by Gasteiger charge is 2.53. The Morgan fingerprint density at radius 3 is 2.76 bits per heavy atom. The summed E-state index contributed by atoms with van der Waals surface area (Å²) in [6.45, 7) is 5.60. The lowest BCUT2D eigenvalue weighted by atomic mass is 9.89. The third kappa shape index (κ3) is 3.52. The molecule has 1 aliphatic carbocycles. The highest BCUT2D eigenvalue weighted by atomic mass is 35.5. The van der Waals surface area contributed by atoms with Crippen LogP contribution >= 0.6 is 11.6 Å². The number of halogens is 2. The van der Waals surface area contributed by atoms with Crippen LogP contribution in [0.5, 0.6) is 0 Å². The Balaban J connectivity index is 1.27. The van der Waals surface area contributed by atoms with Gasteiger partial charge in [0.25, 0.3) is 0 Å². The van der Waals surface area contributed by atoms with Gasteiger partial charge >= 0.3 is 0 Å². The third-order valence-electron chi connectivity index (χ3n) is 6.49. The zero-order valence-electron chi connectivity index (χ0n) is 16.3. The van der Waals surface area contributed by atoms with Crippen molar-refractivity contribution in [3.63, 3.8) is 0 Å². The summed E-state index contributed by atoms with van der Waals surface area (Å²) >= 11 is 6.15. The zero-order chi connectivity index (χ0) is 20.0. The van der Waals surface area contributed by atoms with Crippen molar-refractivity contribution in [3.05, 3.63) is 71.7 Å². The van der Waals surface area contributed by atoms with Gasteiger partial charge in [-0.15, -0.1) is 10.2 Å². The molecule has 2 fully saturated rings. The number of aromatic nitrogens is 3. The van der Waals surface area contributed by atoms with E-state index in [1.54, 1.807) is 0 Å². The molecule has 1 aromatic carbocycles. The molecule has 1 saturated heterocycles. The molecule has 0 amide bonds. The van der Waals surface area contributed by atoms with Gasteiger partial charge in [0.2, 0.25) is 0 Å². The van der Waals surface area contributed by atoms with Gasteiger partial charge in [-0.2, -0.15) is 0 Å². The van der Waals surface area contributed by atoms with Crippen LogP contribution in [-0.2, 0) is 6.42 Å². The van der Waals surface area contributed by atoms with Crippen LogP contribution in [0.25, 0.3) is 5.65 Å². The molecule has 3 aromatic rings. The molecule has 1 saturated carbocycles. The van der Waals surface area contributed by atoms with Gasteiger partial charge < -0.3 is 4.90 Å². The molecule has 0 radical (unpaired) electrons. The number of pyridine rings is 1. The van der Waals surface area contributed by atoms with Crippen LogP contribution in [0.1, 0.15) is 36.6 Å². The average molecular weight is 411 g/mol. The minimum absolute atomic E-state index is 0.0300. The maximum atomic E-state index is 14.2. The van der Waals surface area contributed by atoms with Crippen molar-refractivity contribution in [1.29, 1.82) is 0 Å². The second-order valence-corrected chi connectivity index (χ2v) is 8.72. The Morgan fingerprint density at radius 2 is 2.03 bits per heavy atom. The summed E-state index contributed by atoms with van der Waals surface area (Å²) in [5, 5.41) is 9.43. The molecule has 2 aliphatic rings. The fraction of sp³-hybridized carbons (Fsp3) is 0.391. The summed E-state index contributed by atoms with van der Waals surface area (Å²) in [4.78, 5) is 2.40. The lowest BCUT2D eigenvalue weighted by Crippen LogP contribution is -2.32. The van der Waals surface area contributed by atoms with Crippen LogP contribution in [0, 0.1) is 5.92 Å². The summed E-state index contributed by atoms with van der Waals surface area (Å²) in [5.41, 5.74) is 2.09. The summed E-state index contributed by atoms with van der Waals surface area (Å²) < 4.78 is 16.2. The predicted octanol–water partition coefficient (Wildman–Crippen LogP) is 5.22. The van der Waals surface area contributed by atoms with Crippen LogP contribution in [0.4, 0.5) is 10.1 Å². The SMILES string of the molecule is C=CC1(F)CC1Cc1nnc2cc(N3CCC(c4cccc(Cl)c4)CC3)ccn12. The molecule has 0 N–H and O–H groups in total. The van der Waals surface area contributed by atoms with Gasteiger partial charge in [-0.05, 0) is 48.9 Å². The van der Waals surface area contributed by atoms with E-state index in [1.165, 1.54) is 17.3 Å². The lowest BCUT2D eigenvalue weighted by molar-refractivity contribution is 0.347. The molecule has 2 unspecified atom stereocenters. The maximum absolute atomic E-state index is 14.2. The number of nitrogens with zero attached hydrogens (tertiary/aromatic N) is 4. The van der Waals surface area contributed by atoms with Gasteiger partial charge in [0, 0.05) is 48.4 Å². The Bertz CT molecular complexity index is 1060. The lowest BCUT2D eigenvalue weighted by Gasteiger charge is -2.34. The average Bonchev–Trinajstić information content (AvgIpc) is 3.22. The second-order valence-electron chi connectivity index (χ2n) is 8.28. The first-order valence-corrected chi connectivity index (χ1v) is 10.6. The number of benzene rings is 1. The molecule has 6 heteroatoms. The molecule has 29 heavy (non-hydrogen) atoms. The van der Waals surface area contributed by atoms with Crippen molar-refractivity contribution in [1.82, 2.24) is 14.6 Å². The van der Waals surface area contributed by atoms with Gasteiger partial charge in [0.15, 0.2) is 5.65 Å². The Morgan fingerprint density at radius 1 is 1.21 bits per heavy atom. The molecule has 2 atom stereocenters. The molecule has 4 nitrogen and oxygen atoms in total. The van der Waals surface area contributed by atoms with E-state index in [-0.39, 0.29) is 5.92 Å². The minimum atomic E-state index is -1.22. The Labute approximate surface area is 175 Å². The van der Waals surface area contributed by atoms with Crippen LogP contribution in [0.15, 0.2) is 55.3 Å². The smallest absolute Gasteiger partial charge is 0.162 e. The molecular weight excluding hydrogens is 387 g/mol. The number of hydrogen-bond donors (Lipinski definition) is 0. The number of alkyl halides is 1. The van der Waals surface area contributed by atoms with E-state index in [0.29, 0.717) is 18.8 Å². The highest BCUT2D eigenvalue weighted by molar-refractivity contribution is 6.30. The van der Waals surface area contributed by atoms with Crippen molar-refractivity contribution in [3.8, 4) is 0 Å². The van der Waals surface area contributed by atoms with Crippen LogP contribution in [0.3, 0.4) is 0 Å². The highest BCUT2D eigenvalue weighted by Crippen LogP contribution is 2.49. The predicted molar refractivity (Wildman–Crippen MR) is 114 cm³/mol. The van der Waals surface area contributed by atoms with Crippen LogP contribution in [0.2, 0.25) is 5.02 Å². The molecule has 3 heterocycles. The summed E-state index contributed by atoms with van der Waals surface area (Å²) in [6, 6.07) is 12.4. The Kier molecular flexibility index (Phi) is 4.58. The van der Waals surface area contributed by atoms with E-state index >= 15 is 0 Å². The van der Waals surface area contributed by atoms with Gasteiger partial charge in [-0.1, -0.05) is 36.4 Å². The molecule has 2 aromatic heterocycles. The molecular formula is C23H24ClFN4. The van der Waals surface area contributed by atoms with Crippen molar-refractivity contribution >= 4 is 22.9 Å². The fourth-order valence-electron chi connectivity index (χ4n) is 4.53. The minimum Gasteiger partial charge on any atom is -0.371 e. The standard InChI is InChI=1S/C23H24ClFN4/c1-2-23(25)15-18(23)13-21-26-27-22-14-20(8-11-29(21)22)28-9-6-16(7-10-28)17-4-3-5-19(24)12-17/h2-5,8,11-12,14,16,18H,1,6-7,9-10,13,15H2. The molecule has 0 bridgehead atoms. The normalized spacial score (nSPS) is 24.8. The number of piperidine rings is 1. The number of anilines is 1. The van der Waals surface area contributed by atoms with E-state index in [2.05, 4.69) is 45.9 Å². The quantitative estimate of drug-likeness (QED) is 0.540. The van der Waals surface area contributed by atoms with E-state index < -0.39 is 5.67 Å². The number of allylic oxidation sites excluding steroid dienone is 1. The van der Waals surface area contributed by atoms with E-state index in [1.807, 2.05) is 22.7 Å². The molecule has 150 valence electrons. The third-order valence-corrected chi connectivity index (χ3v) is 6.73. The first-order valence-electron chi connectivity index (χ1n) is 10.2. The molecule has 5 rings (SSSR count). The van der Waals surface area contributed by atoms with Crippen molar-refractivity contribution in [2.45, 2.75) is 37.3 Å². The zero-order valence-corrected chi connectivity index (χ0v) is 17.0. The van der Waals surface area contributed by atoms with E-state index in [0.717, 1.165) is 42.4 Å². The van der Waals surface area contributed by atoms with Crippen molar-refractivity contribution in [2.24, 2.45) is 5.92 Å². The first kappa shape index (κ1) is 18.6. The topological polar surface area (TPSA) is 33.4 Å². The number of rotatable bonds is 5. The number of fused-ring (bicyclic) bond motifs is 1. The van der Waals surface area contributed by atoms with E-state index in [9.17, 15) is 4.39 Å². The van der Waals surface area contributed by atoms with Crippen molar-refractivity contribution in [2.75, 3.05) is 18.0 Å². The Hall–Kier alpha value is -2.40. The molecule has 1 aliphatic heterocycles. The van der Waals surface area contributed by atoms with Gasteiger partial charge in [0.05, 0.1) is 0 Å². The number of hydrogen-bond acceptors (Lipinski definition) is 3. The second kappa shape index (κ2) is 7.13. The van der Waals surface area contributed by atoms with Crippen LogP contribution < -0.4 is 4.90 Å². The first-order chi connectivity index (χ1) is 14.1. The van der Waals surface area contributed by atoms with Gasteiger partial charge in [-0.25, -0.2) is 4.39 Å². The largest absolute Gasteiger partial charge is 0.371 e. The van der Waals surface area contributed by atoms with Gasteiger partial charge in [-0.3, -0.25) is 4.40 Å². The van der Waals surface area contributed by atoms with E-state index in [4.69, 9.17) is 11.6 Å². The monoisotopic (exact) mass is 410 g/mol. The summed E-state index contributed by atoms with van der Waals surface area (Å²) in [5.74, 6) is 1.34. The van der Waals surface area contributed by atoms with Crippen LogP contribution in [-0.4, -0.2) is 33.4 Å². The van der Waals surface area contributed by atoms with Gasteiger partial charge in [0.1, 0.15) is 11.5 Å². The fourth-order valence-corrected chi connectivity index (χ4v) is 4.73. The maximum Gasteiger partial charge on any atom is 0.162 e.